The summed E-state index contributed by atoms with van der Waals surface area (Å²) in [7, 11) is 3.50. The molecule has 0 spiro atoms. The zero-order valence-corrected chi connectivity index (χ0v) is 12.0. The first kappa shape index (κ1) is 14.5. The number of nitrogens with zero attached hydrogens (tertiary/aromatic N) is 3. The van der Waals surface area contributed by atoms with Gasteiger partial charge < -0.3 is 18.9 Å². The van der Waals surface area contributed by atoms with E-state index in [0.29, 0.717) is 5.92 Å². The SMILES string of the molecule is COCCN1CCC[C@H](c2nccn2CCOC)C1. The van der Waals surface area contributed by atoms with Crippen molar-refractivity contribution in [2.24, 2.45) is 0 Å². The van der Waals surface area contributed by atoms with Crippen molar-refractivity contribution in [3.8, 4) is 0 Å². The lowest BCUT2D eigenvalue weighted by Crippen LogP contribution is -2.37. The summed E-state index contributed by atoms with van der Waals surface area (Å²) in [5, 5.41) is 0. The maximum absolute atomic E-state index is 5.17. The molecule has 0 amide bonds. The van der Waals surface area contributed by atoms with Crippen LogP contribution in [0.2, 0.25) is 0 Å². The number of ether oxygens (including phenoxy) is 2. The van der Waals surface area contributed by atoms with Gasteiger partial charge in [-0.2, -0.15) is 0 Å². The second-order valence-electron chi connectivity index (χ2n) is 5.10. The molecule has 1 aliphatic rings. The van der Waals surface area contributed by atoms with Crippen LogP contribution < -0.4 is 0 Å². The summed E-state index contributed by atoms with van der Waals surface area (Å²) in [5.41, 5.74) is 0. The fourth-order valence-electron chi connectivity index (χ4n) is 2.75. The van der Waals surface area contributed by atoms with Crippen molar-refractivity contribution >= 4 is 0 Å². The number of likely N-dealkylation sites (tertiary alicyclic amines) is 1. The lowest BCUT2D eigenvalue weighted by molar-refractivity contribution is 0.126. The molecule has 2 heterocycles. The highest BCUT2D eigenvalue weighted by Gasteiger charge is 2.24. The molecule has 19 heavy (non-hydrogen) atoms. The maximum Gasteiger partial charge on any atom is 0.113 e. The van der Waals surface area contributed by atoms with E-state index < -0.39 is 0 Å². The number of hydrogen-bond donors (Lipinski definition) is 0. The van der Waals surface area contributed by atoms with E-state index >= 15 is 0 Å². The monoisotopic (exact) mass is 267 g/mol. The summed E-state index contributed by atoms with van der Waals surface area (Å²) in [6.07, 6.45) is 6.43. The van der Waals surface area contributed by atoms with Gasteiger partial charge in [0, 0.05) is 52.2 Å². The average molecular weight is 267 g/mol. The fourth-order valence-corrected chi connectivity index (χ4v) is 2.75. The van der Waals surface area contributed by atoms with E-state index in [2.05, 4.69) is 20.6 Å². The Morgan fingerprint density at radius 2 is 2.05 bits per heavy atom. The minimum absolute atomic E-state index is 0.539. The third-order valence-corrected chi connectivity index (χ3v) is 3.77. The van der Waals surface area contributed by atoms with Crippen molar-refractivity contribution in [2.45, 2.75) is 25.3 Å². The number of methoxy groups -OCH3 is 2. The van der Waals surface area contributed by atoms with E-state index in [0.717, 1.165) is 32.8 Å². The Labute approximate surface area is 115 Å². The quantitative estimate of drug-likeness (QED) is 0.748. The highest BCUT2D eigenvalue weighted by Crippen LogP contribution is 2.25. The van der Waals surface area contributed by atoms with E-state index in [1.54, 1.807) is 14.2 Å². The molecular weight excluding hydrogens is 242 g/mol. The van der Waals surface area contributed by atoms with Crippen molar-refractivity contribution in [3.05, 3.63) is 18.2 Å². The molecule has 2 rings (SSSR count). The zero-order valence-electron chi connectivity index (χ0n) is 12.0. The van der Waals surface area contributed by atoms with Crippen molar-refractivity contribution in [2.75, 3.05) is 47.1 Å². The van der Waals surface area contributed by atoms with Gasteiger partial charge in [-0.15, -0.1) is 0 Å². The largest absolute Gasteiger partial charge is 0.383 e. The van der Waals surface area contributed by atoms with Crippen LogP contribution >= 0.6 is 0 Å². The molecule has 0 bridgehead atoms. The molecule has 0 radical (unpaired) electrons. The van der Waals surface area contributed by atoms with Gasteiger partial charge in [-0.05, 0) is 19.4 Å². The van der Waals surface area contributed by atoms with Crippen LogP contribution in [-0.4, -0.2) is 61.5 Å². The molecule has 1 atom stereocenters. The first-order valence-electron chi connectivity index (χ1n) is 7.06. The van der Waals surface area contributed by atoms with Crippen LogP contribution in [0.3, 0.4) is 0 Å². The predicted molar refractivity (Wildman–Crippen MR) is 74.4 cm³/mol. The molecule has 5 nitrogen and oxygen atoms in total. The molecule has 0 aliphatic carbocycles. The van der Waals surface area contributed by atoms with E-state index in [1.807, 2.05) is 6.20 Å². The molecule has 108 valence electrons. The van der Waals surface area contributed by atoms with E-state index in [4.69, 9.17) is 9.47 Å². The van der Waals surface area contributed by atoms with Crippen molar-refractivity contribution in [1.29, 1.82) is 0 Å². The molecular formula is C14H25N3O2. The molecule has 1 aromatic rings. The summed E-state index contributed by atoms with van der Waals surface area (Å²) in [6, 6.07) is 0. The third kappa shape index (κ3) is 4.03. The van der Waals surface area contributed by atoms with Crippen LogP contribution in [-0.2, 0) is 16.0 Å². The molecule has 5 heteroatoms. The summed E-state index contributed by atoms with van der Waals surface area (Å²) >= 11 is 0. The standard InChI is InChI=1S/C14H25N3O2/c1-18-10-8-16-6-3-4-13(12-16)14-15-5-7-17(14)9-11-19-2/h5,7,13H,3-4,6,8-12H2,1-2H3/t13-/m0/s1. The number of rotatable bonds is 7. The Balaban J connectivity index is 1.94. The van der Waals surface area contributed by atoms with Crippen molar-refractivity contribution < 1.29 is 9.47 Å². The molecule has 0 saturated carbocycles. The van der Waals surface area contributed by atoms with Crippen LogP contribution in [0.25, 0.3) is 0 Å². The van der Waals surface area contributed by atoms with Gasteiger partial charge in [0.1, 0.15) is 5.82 Å². The smallest absolute Gasteiger partial charge is 0.113 e. The number of piperidine rings is 1. The molecule has 0 N–H and O–H groups in total. The van der Waals surface area contributed by atoms with Crippen molar-refractivity contribution in [1.82, 2.24) is 14.5 Å². The highest BCUT2D eigenvalue weighted by atomic mass is 16.5. The van der Waals surface area contributed by atoms with Gasteiger partial charge in [-0.25, -0.2) is 4.98 Å². The van der Waals surface area contributed by atoms with Gasteiger partial charge in [0.2, 0.25) is 0 Å². The minimum atomic E-state index is 0.539. The Morgan fingerprint density at radius 3 is 2.84 bits per heavy atom. The molecule has 1 aliphatic heterocycles. The molecule has 0 aromatic carbocycles. The molecule has 1 aromatic heterocycles. The second kappa shape index (κ2) is 7.62. The minimum Gasteiger partial charge on any atom is -0.383 e. The number of aromatic nitrogens is 2. The van der Waals surface area contributed by atoms with Gasteiger partial charge in [0.15, 0.2) is 0 Å². The summed E-state index contributed by atoms with van der Waals surface area (Å²) < 4.78 is 12.6. The molecule has 1 saturated heterocycles. The van der Waals surface area contributed by atoms with E-state index in [-0.39, 0.29) is 0 Å². The van der Waals surface area contributed by atoms with Gasteiger partial charge in [-0.3, -0.25) is 0 Å². The van der Waals surface area contributed by atoms with Crippen LogP contribution in [0, 0.1) is 0 Å². The normalized spacial score (nSPS) is 20.8. The van der Waals surface area contributed by atoms with E-state index in [1.165, 1.54) is 25.2 Å². The Hall–Kier alpha value is -0.910. The van der Waals surface area contributed by atoms with Crippen LogP contribution in [0.4, 0.5) is 0 Å². The third-order valence-electron chi connectivity index (χ3n) is 3.77. The Bertz CT molecular complexity index is 367. The Morgan fingerprint density at radius 1 is 1.26 bits per heavy atom. The first-order valence-corrected chi connectivity index (χ1v) is 7.06. The number of imidazole rings is 1. The predicted octanol–water partition coefficient (Wildman–Crippen LogP) is 1.36. The van der Waals surface area contributed by atoms with Gasteiger partial charge >= 0.3 is 0 Å². The van der Waals surface area contributed by atoms with E-state index in [9.17, 15) is 0 Å². The zero-order chi connectivity index (χ0) is 13.5. The number of hydrogen-bond acceptors (Lipinski definition) is 4. The van der Waals surface area contributed by atoms with Crippen LogP contribution in [0.15, 0.2) is 12.4 Å². The summed E-state index contributed by atoms with van der Waals surface area (Å²) in [4.78, 5) is 7.04. The average Bonchev–Trinajstić information content (AvgIpc) is 2.91. The van der Waals surface area contributed by atoms with Gasteiger partial charge in [0.05, 0.1) is 13.2 Å². The topological polar surface area (TPSA) is 39.5 Å². The van der Waals surface area contributed by atoms with Crippen LogP contribution in [0.5, 0.6) is 0 Å². The van der Waals surface area contributed by atoms with Gasteiger partial charge in [-0.1, -0.05) is 0 Å². The summed E-state index contributed by atoms with van der Waals surface area (Å²) in [5.74, 6) is 1.75. The highest BCUT2D eigenvalue weighted by molar-refractivity contribution is 5.03. The first-order chi connectivity index (χ1) is 9.35. The maximum atomic E-state index is 5.17. The molecule has 1 fully saturated rings. The van der Waals surface area contributed by atoms with Crippen molar-refractivity contribution in [3.63, 3.8) is 0 Å². The molecule has 0 unspecified atom stereocenters. The second-order valence-corrected chi connectivity index (χ2v) is 5.10. The summed E-state index contributed by atoms with van der Waals surface area (Å²) in [6.45, 7) is 5.73. The Kier molecular flexibility index (Phi) is 5.82. The van der Waals surface area contributed by atoms with Gasteiger partial charge in [0.25, 0.3) is 0 Å². The van der Waals surface area contributed by atoms with Crippen LogP contribution in [0.1, 0.15) is 24.6 Å². The fraction of sp³-hybridized carbons (Fsp3) is 0.786. The lowest BCUT2D eigenvalue weighted by Gasteiger charge is -2.32. The lowest BCUT2D eigenvalue weighted by atomic mass is 9.97.